The highest BCUT2D eigenvalue weighted by Crippen LogP contribution is 2.23. The molecule has 0 radical (unpaired) electrons. The molecule has 4 aromatic rings. The van der Waals surface area contributed by atoms with E-state index < -0.39 is 0 Å². The highest BCUT2D eigenvalue weighted by Gasteiger charge is 2.07. The van der Waals surface area contributed by atoms with E-state index in [0.717, 1.165) is 24.2 Å². The van der Waals surface area contributed by atoms with Crippen molar-refractivity contribution >= 4 is 11.4 Å². The van der Waals surface area contributed by atoms with Gasteiger partial charge in [-0.25, -0.2) is 0 Å². The van der Waals surface area contributed by atoms with Crippen molar-refractivity contribution < 1.29 is 0 Å². The van der Waals surface area contributed by atoms with Gasteiger partial charge in [-0.2, -0.15) is 0 Å². The molecule has 0 spiro atoms. The minimum absolute atomic E-state index is 0.860. The third-order valence-corrected chi connectivity index (χ3v) is 9.18. The highest BCUT2D eigenvalue weighted by atomic mass is 14.5. The average Bonchev–Trinajstić information content (AvgIpc) is 2.97. The molecule has 0 aliphatic rings. The number of benzene rings is 4. The lowest BCUT2D eigenvalue weighted by Gasteiger charge is -2.12. The smallest absolute Gasteiger partial charge is 0.0319 e. The van der Waals surface area contributed by atoms with Crippen molar-refractivity contribution in [3.05, 3.63) is 128 Å². The van der Waals surface area contributed by atoms with Crippen molar-refractivity contribution in [1.29, 1.82) is 0 Å². The zero-order valence-electron chi connectivity index (χ0n) is 27.3. The summed E-state index contributed by atoms with van der Waals surface area (Å²) >= 11 is 0. The molecular formula is C41H54N2. The topological polar surface area (TPSA) is 52.0 Å². The Bertz CT molecular complexity index is 1270. The molecule has 0 heterocycles. The molecule has 2 heteroatoms. The summed E-state index contributed by atoms with van der Waals surface area (Å²) in [7, 11) is 0. The van der Waals surface area contributed by atoms with Crippen LogP contribution >= 0.6 is 0 Å². The molecule has 4 rings (SSSR count). The van der Waals surface area contributed by atoms with Crippen LogP contribution in [0.15, 0.2) is 72.8 Å². The molecule has 228 valence electrons. The maximum Gasteiger partial charge on any atom is 0.0319 e. The first-order valence-corrected chi connectivity index (χ1v) is 16.7. The molecule has 0 unspecified atom stereocenters. The van der Waals surface area contributed by atoms with E-state index >= 15 is 0 Å². The van der Waals surface area contributed by atoms with Crippen LogP contribution in [0.1, 0.15) is 113 Å². The number of unbranched alkanes of at least 4 members (excludes halogenated alkanes) is 8. The molecule has 0 fully saturated rings. The van der Waals surface area contributed by atoms with Crippen molar-refractivity contribution in [3.8, 4) is 0 Å². The fourth-order valence-corrected chi connectivity index (χ4v) is 6.56. The zero-order valence-corrected chi connectivity index (χ0v) is 27.3. The van der Waals surface area contributed by atoms with Gasteiger partial charge in [-0.05, 0) is 146 Å². The van der Waals surface area contributed by atoms with Gasteiger partial charge in [-0.15, -0.1) is 0 Å². The summed E-state index contributed by atoms with van der Waals surface area (Å²) in [6.07, 6.45) is 16.5. The molecule has 4 aromatic carbocycles. The van der Waals surface area contributed by atoms with E-state index in [4.69, 9.17) is 11.5 Å². The summed E-state index contributed by atoms with van der Waals surface area (Å²) in [5.74, 6) is 0. The average molecular weight is 575 g/mol. The van der Waals surface area contributed by atoms with Gasteiger partial charge >= 0.3 is 0 Å². The fraction of sp³-hybridized carbons (Fsp3) is 0.415. The van der Waals surface area contributed by atoms with E-state index in [1.165, 1.54) is 126 Å². The number of nitrogen functional groups attached to an aromatic ring is 2. The van der Waals surface area contributed by atoms with Gasteiger partial charge in [0.2, 0.25) is 0 Å². The Labute approximate surface area is 261 Å². The minimum atomic E-state index is 0.860. The molecule has 0 bridgehead atoms. The van der Waals surface area contributed by atoms with Crippen LogP contribution in [0.3, 0.4) is 0 Å². The number of rotatable bonds is 16. The van der Waals surface area contributed by atoms with E-state index in [0.29, 0.717) is 0 Å². The van der Waals surface area contributed by atoms with Gasteiger partial charge in [0.25, 0.3) is 0 Å². The zero-order chi connectivity index (χ0) is 30.6. The number of nitrogens with two attached hydrogens (primary N) is 2. The Hall–Kier alpha value is -3.52. The molecule has 0 aliphatic heterocycles. The molecule has 43 heavy (non-hydrogen) atoms. The van der Waals surface area contributed by atoms with Crippen LogP contribution in [0.25, 0.3) is 0 Å². The van der Waals surface area contributed by atoms with Crippen molar-refractivity contribution in [2.45, 2.75) is 111 Å². The molecule has 0 aliphatic carbocycles. The molecule has 0 atom stereocenters. The van der Waals surface area contributed by atoms with E-state index in [9.17, 15) is 0 Å². The number of aryl methyl sites for hydroxylation is 6. The van der Waals surface area contributed by atoms with Crippen LogP contribution in [0, 0.1) is 27.7 Å². The Balaban J connectivity index is 1.02. The van der Waals surface area contributed by atoms with E-state index in [1.54, 1.807) is 0 Å². The summed E-state index contributed by atoms with van der Waals surface area (Å²) < 4.78 is 0. The van der Waals surface area contributed by atoms with Gasteiger partial charge in [-0.3, -0.25) is 0 Å². The van der Waals surface area contributed by atoms with Crippen LogP contribution in [0.5, 0.6) is 0 Å². The lowest BCUT2D eigenvalue weighted by atomic mass is 9.94. The maximum atomic E-state index is 5.99. The summed E-state index contributed by atoms with van der Waals surface area (Å²) in [6, 6.07) is 26.9. The Morgan fingerprint density at radius 1 is 0.372 bits per heavy atom. The van der Waals surface area contributed by atoms with E-state index in [2.05, 4.69) is 100 Å². The second-order valence-electron chi connectivity index (χ2n) is 12.9. The van der Waals surface area contributed by atoms with Crippen molar-refractivity contribution in [2.75, 3.05) is 11.5 Å². The van der Waals surface area contributed by atoms with Crippen LogP contribution in [0.4, 0.5) is 11.4 Å². The van der Waals surface area contributed by atoms with Crippen LogP contribution in [-0.2, 0) is 25.7 Å². The number of anilines is 2. The van der Waals surface area contributed by atoms with Gasteiger partial charge in [0, 0.05) is 11.4 Å². The largest absolute Gasteiger partial charge is 0.399 e. The van der Waals surface area contributed by atoms with E-state index in [-0.39, 0.29) is 0 Å². The quantitative estimate of drug-likeness (QED) is 0.103. The summed E-state index contributed by atoms with van der Waals surface area (Å²) in [6.45, 7) is 8.67. The summed E-state index contributed by atoms with van der Waals surface area (Å²) in [4.78, 5) is 0. The first-order valence-electron chi connectivity index (χ1n) is 16.7. The van der Waals surface area contributed by atoms with Crippen LogP contribution in [0.2, 0.25) is 0 Å². The molecule has 0 aromatic heterocycles. The first-order chi connectivity index (χ1) is 20.8. The van der Waals surface area contributed by atoms with Crippen molar-refractivity contribution in [3.63, 3.8) is 0 Å². The summed E-state index contributed by atoms with van der Waals surface area (Å²) in [5, 5.41) is 0. The maximum absolute atomic E-state index is 5.99. The third-order valence-electron chi connectivity index (χ3n) is 9.18. The lowest BCUT2D eigenvalue weighted by molar-refractivity contribution is 0.558. The summed E-state index contributed by atoms with van der Waals surface area (Å²) in [5.41, 5.74) is 27.4. The monoisotopic (exact) mass is 574 g/mol. The predicted octanol–water partition coefficient (Wildman–Crippen LogP) is 10.6. The predicted molar refractivity (Wildman–Crippen MR) is 188 cm³/mol. The molecule has 0 saturated carbocycles. The Morgan fingerprint density at radius 3 is 0.930 bits per heavy atom. The number of hydrogen-bond donors (Lipinski definition) is 2. The Kier molecular flexibility index (Phi) is 12.3. The molecule has 0 amide bonds. The van der Waals surface area contributed by atoms with E-state index in [1.807, 2.05) is 0 Å². The van der Waals surface area contributed by atoms with Gasteiger partial charge in [0.05, 0.1) is 0 Å². The lowest BCUT2D eigenvalue weighted by Crippen LogP contribution is -1.98. The molecule has 2 nitrogen and oxygen atoms in total. The second-order valence-corrected chi connectivity index (χ2v) is 12.9. The van der Waals surface area contributed by atoms with Gasteiger partial charge in [-0.1, -0.05) is 93.5 Å². The fourth-order valence-electron chi connectivity index (χ4n) is 6.56. The van der Waals surface area contributed by atoms with Gasteiger partial charge in [0.15, 0.2) is 0 Å². The highest BCUT2D eigenvalue weighted by molar-refractivity contribution is 5.51. The molecule has 4 N–H and O–H groups in total. The van der Waals surface area contributed by atoms with Crippen molar-refractivity contribution in [2.24, 2.45) is 0 Å². The normalized spacial score (nSPS) is 11.3. The molecule has 0 saturated heterocycles. The van der Waals surface area contributed by atoms with Gasteiger partial charge < -0.3 is 11.5 Å². The first kappa shape index (κ1) is 32.4. The number of hydrogen-bond acceptors (Lipinski definition) is 2. The molecular weight excluding hydrogens is 520 g/mol. The SMILES string of the molecule is Cc1cc(N)cc(C)c1Cc1ccc(CCCCCCCCCCCc2ccc(Cc3c(C)cc(N)cc3C)cc2)cc1. The van der Waals surface area contributed by atoms with Crippen LogP contribution in [-0.4, -0.2) is 0 Å². The second kappa shape index (κ2) is 16.4. The van der Waals surface area contributed by atoms with Gasteiger partial charge in [0.1, 0.15) is 0 Å². The minimum Gasteiger partial charge on any atom is -0.399 e. The van der Waals surface area contributed by atoms with Crippen LogP contribution < -0.4 is 11.5 Å². The third kappa shape index (κ3) is 10.3. The van der Waals surface area contributed by atoms with Crippen molar-refractivity contribution in [1.82, 2.24) is 0 Å². The standard InChI is InChI=1S/C41H54N2/c1-30-24-38(42)25-31(2)40(30)28-36-20-16-34(17-21-36)14-12-10-8-6-5-7-9-11-13-15-35-18-22-37(23-19-35)29-41-32(3)26-39(43)27-33(41)4/h16-27H,5-15,28-29,42-43H2,1-4H3. The Morgan fingerprint density at radius 2 is 0.628 bits per heavy atom.